The number of amides is 1. The third kappa shape index (κ3) is 6.20. The molecule has 0 radical (unpaired) electrons. The Morgan fingerprint density at radius 2 is 1.88 bits per heavy atom. The number of carboxylic acid groups (broad SMARTS) is 1. The van der Waals surface area contributed by atoms with E-state index < -0.39 is 5.97 Å². The van der Waals surface area contributed by atoms with Gasteiger partial charge in [0, 0.05) is 51.9 Å². The maximum atomic E-state index is 12.7. The molecular formula is C24H21N5O3S. The number of rotatable bonds is 9. The number of aromatic nitrogens is 3. The van der Waals surface area contributed by atoms with E-state index in [0.29, 0.717) is 17.2 Å². The summed E-state index contributed by atoms with van der Waals surface area (Å²) in [6.07, 6.45) is 6.68. The zero-order chi connectivity index (χ0) is 23.0. The van der Waals surface area contributed by atoms with Crippen molar-refractivity contribution in [3.8, 4) is 0 Å². The predicted octanol–water partition coefficient (Wildman–Crippen LogP) is 5.11. The van der Waals surface area contributed by atoms with E-state index in [2.05, 4.69) is 25.6 Å². The Labute approximate surface area is 194 Å². The van der Waals surface area contributed by atoms with Crippen LogP contribution in [0.1, 0.15) is 27.6 Å². The van der Waals surface area contributed by atoms with Crippen molar-refractivity contribution in [2.24, 2.45) is 0 Å². The van der Waals surface area contributed by atoms with Crippen molar-refractivity contribution < 1.29 is 14.7 Å². The lowest BCUT2D eigenvalue weighted by Gasteiger charge is -2.15. The van der Waals surface area contributed by atoms with E-state index in [-0.39, 0.29) is 17.6 Å². The topological polar surface area (TPSA) is 120 Å². The summed E-state index contributed by atoms with van der Waals surface area (Å²) >= 11 is 1.45. The second-order valence-electron chi connectivity index (χ2n) is 7.11. The fraction of sp³-hybridized carbons (Fsp3) is 0.0833. The summed E-state index contributed by atoms with van der Waals surface area (Å²) in [5, 5.41) is 15.0. The molecule has 2 heterocycles. The van der Waals surface area contributed by atoms with Crippen molar-refractivity contribution in [2.45, 2.75) is 16.6 Å². The standard InChI is InChI=1S/C24H21N5O3S/c30-22(31)14-21(17-4-2-10-25-15-17)33-20-8-6-18(7-9-20)28-23(32)16-3-1-5-19(13-16)29-24-26-11-12-27-24/h1-13,15,21H,14H2,(H,28,32)(H,30,31)(H2,26,27,29). The minimum atomic E-state index is -0.871. The summed E-state index contributed by atoms with van der Waals surface area (Å²) in [4.78, 5) is 36.1. The van der Waals surface area contributed by atoms with Crippen LogP contribution in [0.15, 0.2) is 90.3 Å². The molecule has 0 bridgehead atoms. The molecule has 4 aromatic rings. The number of carbonyl (C=O) groups excluding carboxylic acids is 1. The van der Waals surface area contributed by atoms with Gasteiger partial charge in [0.15, 0.2) is 0 Å². The molecule has 1 amide bonds. The van der Waals surface area contributed by atoms with Crippen LogP contribution >= 0.6 is 11.8 Å². The van der Waals surface area contributed by atoms with Gasteiger partial charge in [0.1, 0.15) is 0 Å². The van der Waals surface area contributed by atoms with E-state index in [4.69, 9.17) is 0 Å². The quantitative estimate of drug-likeness (QED) is 0.257. The Bertz CT molecular complexity index is 1210. The van der Waals surface area contributed by atoms with Crippen molar-refractivity contribution in [1.29, 1.82) is 0 Å². The molecule has 2 aromatic carbocycles. The van der Waals surface area contributed by atoms with Crippen LogP contribution in [-0.4, -0.2) is 31.9 Å². The largest absolute Gasteiger partial charge is 0.481 e. The zero-order valence-corrected chi connectivity index (χ0v) is 18.3. The number of nitrogens with one attached hydrogen (secondary N) is 3. The molecular weight excluding hydrogens is 438 g/mol. The van der Waals surface area contributed by atoms with Crippen LogP contribution in [0.2, 0.25) is 0 Å². The number of hydrogen-bond donors (Lipinski definition) is 4. The number of hydrogen-bond acceptors (Lipinski definition) is 6. The van der Waals surface area contributed by atoms with E-state index in [1.54, 1.807) is 61.2 Å². The molecule has 9 heteroatoms. The van der Waals surface area contributed by atoms with Gasteiger partial charge in [0.2, 0.25) is 5.95 Å². The van der Waals surface area contributed by atoms with E-state index in [1.807, 2.05) is 24.3 Å². The fourth-order valence-corrected chi connectivity index (χ4v) is 4.27. The second-order valence-corrected chi connectivity index (χ2v) is 8.39. The van der Waals surface area contributed by atoms with Gasteiger partial charge in [-0.05, 0) is 54.1 Å². The number of nitrogens with zero attached hydrogens (tertiary/aromatic N) is 2. The molecule has 4 rings (SSSR count). The molecule has 0 aliphatic carbocycles. The number of imidazole rings is 1. The normalized spacial score (nSPS) is 11.5. The number of aliphatic carboxylic acids is 1. The molecule has 0 saturated heterocycles. The lowest BCUT2D eigenvalue weighted by molar-refractivity contribution is -0.137. The molecule has 0 aliphatic rings. The van der Waals surface area contributed by atoms with Gasteiger partial charge in [0.05, 0.1) is 6.42 Å². The number of carbonyl (C=O) groups is 2. The minimum absolute atomic E-state index is 0.0166. The molecule has 1 unspecified atom stereocenters. The Balaban J connectivity index is 1.41. The lowest BCUT2D eigenvalue weighted by atomic mass is 10.1. The number of anilines is 3. The Hall–Kier alpha value is -4.11. The molecule has 2 aromatic heterocycles. The highest BCUT2D eigenvalue weighted by molar-refractivity contribution is 7.99. The Kier molecular flexibility index (Phi) is 7.01. The van der Waals surface area contributed by atoms with Crippen LogP contribution in [0.25, 0.3) is 0 Å². The number of H-pyrrole nitrogens is 1. The van der Waals surface area contributed by atoms with Crippen LogP contribution in [0.3, 0.4) is 0 Å². The van der Waals surface area contributed by atoms with Gasteiger partial charge in [-0.2, -0.15) is 0 Å². The van der Waals surface area contributed by atoms with Gasteiger partial charge < -0.3 is 20.7 Å². The third-order valence-corrected chi connectivity index (χ3v) is 5.96. The van der Waals surface area contributed by atoms with Gasteiger partial charge in [-0.15, -0.1) is 11.8 Å². The smallest absolute Gasteiger partial charge is 0.304 e. The number of thioether (sulfide) groups is 1. The highest BCUT2D eigenvalue weighted by Crippen LogP contribution is 2.37. The van der Waals surface area contributed by atoms with Crippen LogP contribution in [0, 0.1) is 0 Å². The third-order valence-electron chi connectivity index (χ3n) is 4.69. The molecule has 8 nitrogen and oxygen atoms in total. The van der Waals surface area contributed by atoms with Crippen LogP contribution < -0.4 is 10.6 Å². The number of aromatic amines is 1. The maximum Gasteiger partial charge on any atom is 0.304 e. The molecule has 0 aliphatic heterocycles. The summed E-state index contributed by atoms with van der Waals surface area (Å²) < 4.78 is 0. The van der Waals surface area contributed by atoms with Crippen molar-refractivity contribution in [1.82, 2.24) is 15.0 Å². The van der Waals surface area contributed by atoms with Gasteiger partial charge >= 0.3 is 5.97 Å². The Morgan fingerprint density at radius 3 is 2.58 bits per heavy atom. The average Bonchev–Trinajstić information content (AvgIpc) is 3.33. The summed E-state index contributed by atoms with van der Waals surface area (Å²) in [6, 6.07) is 18.1. The predicted molar refractivity (Wildman–Crippen MR) is 128 cm³/mol. The highest BCUT2D eigenvalue weighted by atomic mass is 32.2. The summed E-state index contributed by atoms with van der Waals surface area (Å²) in [5.74, 6) is -0.519. The van der Waals surface area contributed by atoms with Crippen molar-refractivity contribution >= 4 is 41.0 Å². The summed E-state index contributed by atoms with van der Waals surface area (Å²) in [5.41, 5.74) is 2.74. The van der Waals surface area contributed by atoms with Crippen LogP contribution in [0.5, 0.6) is 0 Å². The minimum Gasteiger partial charge on any atom is -0.481 e. The Morgan fingerprint density at radius 1 is 1.03 bits per heavy atom. The molecule has 1 atom stereocenters. The maximum absolute atomic E-state index is 12.7. The van der Waals surface area contributed by atoms with E-state index in [0.717, 1.165) is 16.1 Å². The first kappa shape index (κ1) is 22.1. The van der Waals surface area contributed by atoms with Crippen molar-refractivity contribution in [3.63, 3.8) is 0 Å². The van der Waals surface area contributed by atoms with Gasteiger partial charge in [-0.3, -0.25) is 14.6 Å². The van der Waals surface area contributed by atoms with Crippen molar-refractivity contribution in [2.75, 3.05) is 10.6 Å². The molecule has 0 spiro atoms. The molecule has 0 fully saturated rings. The first-order chi connectivity index (χ1) is 16.1. The molecule has 4 N–H and O–H groups in total. The number of benzene rings is 2. The summed E-state index contributed by atoms with van der Waals surface area (Å²) in [6.45, 7) is 0. The zero-order valence-electron chi connectivity index (χ0n) is 17.4. The van der Waals surface area contributed by atoms with Gasteiger partial charge in [0.25, 0.3) is 5.91 Å². The SMILES string of the molecule is O=C(O)CC(Sc1ccc(NC(=O)c2cccc(Nc3ncc[nH]3)c2)cc1)c1cccnc1. The van der Waals surface area contributed by atoms with Gasteiger partial charge in [-0.25, -0.2) is 4.98 Å². The van der Waals surface area contributed by atoms with Crippen LogP contribution in [-0.2, 0) is 4.79 Å². The first-order valence-electron chi connectivity index (χ1n) is 10.1. The van der Waals surface area contributed by atoms with E-state index in [9.17, 15) is 14.7 Å². The molecule has 0 saturated carbocycles. The second kappa shape index (κ2) is 10.5. The monoisotopic (exact) mass is 459 g/mol. The first-order valence-corrected chi connectivity index (χ1v) is 11.0. The van der Waals surface area contributed by atoms with Crippen LogP contribution in [0.4, 0.5) is 17.3 Å². The van der Waals surface area contributed by atoms with Gasteiger partial charge in [-0.1, -0.05) is 12.1 Å². The number of carboxylic acids is 1. The average molecular weight is 460 g/mol. The van der Waals surface area contributed by atoms with E-state index in [1.165, 1.54) is 11.8 Å². The van der Waals surface area contributed by atoms with Crippen molar-refractivity contribution in [3.05, 3.63) is 96.6 Å². The van der Waals surface area contributed by atoms with E-state index >= 15 is 0 Å². The molecule has 166 valence electrons. The summed E-state index contributed by atoms with van der Waals surface area (Å²) in [7, 11) is 0. The highest BCUT2D eigenvalue weighted by Gasteiger charge is 2.17. The fourth-order valence-electron chi connectivity index (χ4n) is 3.15. The molecule has 33 heavy (non-hydrogen) atoms. The lowest BCUT2D eigenvalue weighted by Crippen LogP contribution is -2.12. The number of pyridine rings is 1.